The van der Waals surface area contributed by atoms with Crippen LogP contribution in [0.1, 0.15) is 59.8 Å². The highest BCUT2D eigenvalue weighted by Crippen LogP contribution is 2.18. The zero-order chi connectivity index (χ0) is 24.6. The monoisotopic (exact) mass is 486 g/mol. The second-order valence-corrected chi connectivity index (χ2v) is 10.5. The normalized spacial score (nSPS) is 11.6. The van der Waals surface area contributed by atoms with Crippen LogP contribution in [0.5, 0.6) is 0 Å². The molecular weight excluding hydrogens is 440 g/mol. The number of nitrogens with zero attached hydrogens (tertiary/aromatic N) is 8. The van der Waals surface area contributed by atoms with Crippen LogP contribution in [0.4, 0.5) is 0 Å². The van der Waals surface area contributed by atoms with E-state index in [1.807, 2.05) is 20.8 Å². The van der Waals surface area contributed by atoms with Crippen LogP contribution in [0.25, 0.3) is 20.9 Å². The van der Waals surface area contributed by atoms with Crippen molar-refractivity contribution in [2.75, 3.05) is 72.2 Å². The van der Waals surface area contributed by atoms with Crippen LogP contribution in [-0.4, -0.2) is 90.8 Å². The summed E-state index contributed by atoms with van der Waals surface area (Å²) >= 11 is 0. The minimum Gasteiger partial charge on any atom is -0.374 e. The van der Waals surface area contributed by atoms with E-state index < -0.39 is 8.80 Å². The van der Waals surface area contributed by atoms with Crippen LogP contribution in [0.15, 0.2) is 10.2 Å². The highest BCUT2D eigenvalue weighted by molar-refractivity contribution is 6.60. The molecule has 33 heavy (non-hydrogen) atoms. The Kier molecular flexibility index (Phi) is 21.5. The average Bonchev–Trinajstić information content (AvgIpc) is 2.80. The lowest BCUT2D eigenvalue weighted by Gasteiger charge is -2.30. The first-order valence-corrected chi connectivity index (χ1v) is 14.4. The molecule has 0 unspecified atom stereocenters. The molecule has 11 nitrogen and oxygen atoms in total. The van der Waals surface area contributed by atoms with Crippen molar-refractivity contribution < 1.29 is 13.3 Å². The van der Waals surface area contributed by atoms with E-state index in [0.29, 0.717) is 32.9 Å². The molecule has 0 atom stereocenters. The zero-order valence-electron chi connectivity index (χ0n) is 21.3. The maximum absolute atomic E-state index is 8.56. The highest BCUT2D eigenvalue weighted by atomic mass is 28.4. The van der Waals surface area contributed by atoms with Crippen LogP contribution in [-0.2, 0) is 13.3 Å². The number of hydrogen-bond donors (Lipinski definition) is 0. The van der Waals surface area contributed by atoms with E-state index in [1.54, 1.807) is 0 Å². The minimum absolute atomic E-state index is 0.508. The van der Waals surface area contributed by atoms with Gasteiger partial charge in [-0.1, -0.05) is 23.6 Å². The summed E-state index contributed by atoms with van der Waals surface area (Å²) in [5.41, 5.74) is 17.1. The fourth-order valence-electron chi connectivity index (χ4n) is 3.68. The molecule has 0 aromatic carbocycles. The Morgan fingerprint density at radius 1 is 0.636 bits per heavy atom. The van der Waals surface area contributed by atoms with E-state index in [2.05, 4.69) is 36.8 Å². The number of rotatable bonds is 24. The maximum Gasteiger partial charge on any atom is 0.500 e. The minimum atomic E-state index is -2.64. The summed E-state index contributed by atoms with van der Waals surface area (Å²) in [4.78, 5) is 10.6. The summed E-state index contributed by atoms with van der Waals surface area (Å²) in [7, 11) is -2.64. The Balaban J connectivity index is 4.93. The second kappa shape index (κ2) is 22.4. The molecule has 0 aliphatic rings. The summed E-state index contributed by atoms with van der Waals surface area (Å²) in [6.07, 6.45) is 4.95. The van der Waals surface area contributed by atoms with Crippen LogP contribution < -0.4 is 0 Å². The third-order valence-electron chi connectivity index (χ3n) is 5.20. The number of azide groups is 2. The van der Waals surface area contributed by atoms with Crippen molar-refractivity contribution >= 4 is 8.80 Å². The topological polar surface area (TPSA) is 132 Å². The molecule has 0 aliphatic carbocycles. The van der Waals surface area contributed by atoms with Gasteiger partial charge in [-0.15, -0.1) is 0 Å². The van der Waals surface area contributed by atoms with Crippen molar-refractivity contribution in [3.63, 3.8) is 0 Å². The molecule has 0 bridgehead atoms. The van der Waals surface area contributed by atoms with Gasteiger partial charge in [-0.2, -0.15) is 0 Å². The van der Waals surface area contributed by atoms with Gasteiger partial charge in [0.05, 0.1) is 0 Å². The lowest BCUT2D eigenvalue weighted by molar-refractivity contribution is 0.0697. The SMILES string of the molecule is CCCCN(CCCN=[N+]=[N-])CCN(CCCN=[N+]=[N-])CCC[Si](OCC)(OCC)OCC. The van der Waals surface area contributed by atoms with Crippen LogP contribution in [0, 0.1) is 0 Å². The van der Waals surface area contributed by atoms with E-state index in [9.17, 15) is 0 Å². The van der Waals surface area contributed by atoms with Gasteiger partial charge in [-0.3, -0.25) is 0 Å². The first kappa shape index (κ1) is 31.6. The quantitative estimate of drug-likeness (QED) is 0.0605. The van der Waals surface area contributed by atoms with Gasteiger partial charge in [-0.25, -0.2) is 0 Å². The predicted molar refractivity (Wildman–Crippen MR) is 135 cm³/mol. The van der Waals surface area contributed by atoms with Gasteiger partial charge in [-0.05, 0) is 83.7 Å². The molecule has 0 heterocycles. The third kappa shape index (κ3) is 16.8. The second-order valence-electron chi connectivity index (χ2n) is 7.74. The van der Waals surface area contributed by atoms with Gasteiger partial charge in [0.15, 0.2) is 0 Å². The van der Waals surface area contributed by atoms with Gasteiger partial charge in [0.25, 0.3) is 0 Å². The molecule has 0 spiro atoms. The van der Waals surface area contributed by atoms with Gasteiger partial charge in [0, 0.05) is 61.9 Å². The van der Waals surface area contributed by atoms with Crippen molar-refractivity contribution in [2.24, 2.45) is 10.2 Å². The highest BCUT2D eigenvalue weighted by Gasteiger charge is 2.39. The maximum atomic E-state index is 8.56. The van der Waals surface area contributed by atoms with E-state index in [0.717, 1.165) is 77.4 Å². The van der Waals surface area contributed by atoms with Crippen LogP contribution in [0.2, 0.25) is 6.04 Å². The molecule has 0 amide bonds. The molecule has 0 aromatic rings. The van der Waals surface area contributed by atoms with Crippen molar-refractivity contribution in [2.45, 2.75) is 65.8 Å². The Morgan fingerprint density at radius 2 is 1.06 bits per heavy atom. The summed E-state index contributed by atoms with van der Waals surface area (Å²) in [6, 6.07) is 0.793. The van der Waals surface area contributed by atoms with Crippen molar-refractivity contribution in [1.29, 1.82) is 0 Å². The Labute approximate surface area is 201 Å². The summed E-state index contributed by atoms with van der Waals surface area (Å²) in [5, 5.41) is 7.34. The van der Waals surface area contributed by atoms with Crippen molar-refractivity contribution in [1.82, 2.24) is 9.80 Å². The number of unbranched alkanes of at least 4 members (excludes halogenated alkanes) is 1. The summed E-state index contributed by atoms with van der Waals surface area (Å²) in [6.45, 7) is 16.6. The molecule has 0 aliphatic heterocycles. The van der Waals surface area contributed by atoms with Gasteiger partial charge in [0.2, 0.25) is 0 Å². The number of hydrogen-bond acceptors (Lipinski definition) is 7. The molecular formula is C21H46N8O3Si. The van der Waals surface area contributed by atoms with Crippen molar-refractivity contribution in [3.05, 3.63) is 20.9 Å². The molecule has 0 radical (unpaired) electrons. The standard InChI is InChI=1S/C21H46N8O3Si/c1-5-9-15-28(16-10-13-24-26-22)19-20-29(17-11-14-25-27-23)18-12-21-33(30-6-2,31-7-3)32-8-4/h5-21H2,1-4H3. The molecule has 0 saturated carbocycles. The Hall–Kier alpha value is -1.36. The molecule has 0 saturated heterocycles. The first-order valence-electron chi connectivity index (χ1n) is 12.5. The zero-order valence-corrected chi connectivity index (χ0v) is 22.3. The lowest BCUT2D eigenvalue weighted by Crippen LogP contribution is -2.46. The van der Waals surface area contributed by atoms with E-state index >= 15 is 0 Å². The van der Waals surface area contributed by atoms with E-state index in [1.165, 1.54) is 0 Å². The smallest absolute Gasteiger partial charge is 0.374 e. The van der Waals surface area contributed by atoms with Gasteiger partial charge >= 0.3 is 8.80 Å². The van der Waals surface area contributed by atoms with Gasteiger partial charge in [0.1, 0.15) is 0 Å². The van der Waals surface area contributed by atoms with Crippen LogP contribution in [0.3, 0.4) is 0 Å². The molecule has 0 fully saturated rings. The summed E-state index contributed by atoms with van der Waals surface area (Å²) in [5.74, 6) is 0. The summed E-state index contributed by atoms with van der Waals surface area (Å²) < 4.78 is 18.0. The van der Waals surface area contributed by atoms with Crippen molar-refractivity contribution in [3.8, 4) is 0 Å². The molecule has 0 rings (SSSR count). The first-order chi connectivity index (χ1) is 16.1. The lowest BCUT2D eigenvalue weighted by atomic mass is 10.2. The Bertz CT molecular complexity index is 543. The Morgan fingerprint density at radius 3 is 1.45 bits per heavy atom. The fraction of sp³-hybridized carbons (Fsp3) is 1.00. The van der Waals surface area contributed by atoms with E-state index in [4.69, 9.17) is 24.3 Å². The fourth-order valence-corrected chi connectivity index (χ4v) is 6.27. The van der Waals surface area contributed by atoms with E-state index in [-0.39, 0.29) is 0 Å². The molecule has 192 valence electrons. The molecule has 0 N–H and O–H groups in total. The predicted octanol–water partition coefficient (Wildman–Crippen LogP) is 5.23. The van der Waals surface area contributed by atoms with Crippen LogP contribution >= 0.6 is 0 Å². The van der Waals surface area contributed by atoms with Gasteiger partial charge < -0.3 is 23.1 Å². The largest absolute Gasteiger partial charge is 0.500 e. The molecule has 12 heteroatoms. The average molecular weight is 487 g/mol. The molecule has 0 aromatic heterocycles. The third-order valence-corrected chi connectivity index (χ3v) is 8.35.